The molecule has 5 heteroatoms. The molecule has 12 heavy (non-hydrogen) atoms. The molecule has 0 saturated carbocycles. The van der Waals surface area contributed by atoms with Gasteiger partial charge >= 0.3 is 5.97 Å². The van der Waals surface area contributed by atoms with Gasteiger partial charge in [0.1, 0.15) is 5.56 Å². The second-order valence-corrected chi connectivity index (χ2v) is 2.06. The lowest BCUT2D eigenvalue weighted by Crippen LogP contribution is -2.11. The van der Waals surface area contributed by atoms with Crippen molar-refractivity contribution in [2.24, 2.45) is 0 Å². The van der Waals surface area contributed by atoms with Gasteiger partial charge in [0.2, 0.25) is 0 Å². The van der Waals surface area contributed by atoms with Gasteiger partial charge in [-0.25, -0.2) is 4.79 Å². The van der Waals surface area contributed by atoms with Gasteiger partial charge in [-0.15, -0.1) is 0 Å². The number of aromatic hydroxyl groups is 1. The molecule has 0 spiro atoms. The summed E-state index contributed by atoms with van der Waals surface area (Å²) in [5, 5.41) is 9.05. The third-order valence-corrected chi connectivity index (χ3v) is 1.34. The van der Waals surface area contributed by atoms with Gasteiger partial charge in [-0.1, -0.05) is 0 Å². The zero-order valence-corrected chi connectivity index (χ0v) is 6.33. The van der Waals surface area contributed by atoms with Crippen LogP contribution in [-0.2, 0) is 4.74 Å². The number of pyridine rings is 1. The molecule has 0 aliphatic heterocycles. The van der Waals surface area contributed by atoms with Crippen LogP contribution in [0.4, 0.5) is 0 Å². The minimum absolute atomic E-state index is 0.138. The van der Waals surface area contributed by atoms with Gasteiger partial charge in [0.25, 0.3) is 5.56 Å². The number of aromatic nitrogens is 1. The van der Waals surface area contributed by atoms with Crippen molar-refractivity contribution in [1.82, 2.24) is 4.98 Å². The standard InChI is InChI=1S/C7H7NO4/c1-12-7(11)4-2-3-8-6(10)5(4)9/h2-3,9H,1H3,(H,8,10). The first kappa shape index (κ1) is 8.32. The van der Waals surface area contributed by atoms with Crippen LogP contribution in [0.15, 0.2) is 17.1 Å². The number of carbonyl (C=O) groups excluding carboxylic acids is 1. The lowest BCUT2D eigenvalue weighted by atomic mass is 10.2. The van der Waals surface area contributed by atoms with Gasteiger partial charge in [-0.2, -0.15) is 0 Å². The fraction of sp³-hybridized carbons (Fsp3) is 0.143. The third kappa shape index (κ3) is 1.29. The second-order valence-electron chi connectivity index (χ2n) is 2.06. The van der Waals surface area contributed by atoms with Crippen LogP contribution in [0.2, 0.25) is 0 Å². The number of hydrogen-bond acceptors (Lipinski definition) is 4. The molecule has 1 aromatic heterocycles. The van der Waals surface area contributed by atoms with E-state index in [1.165, 1.54) is 19.4 Å². The molecule has 0 aliphatic rings. The van der Waals surface area contributed by atoms with E-state index in [1.54, 1.807) is 0 Å². The Bertz CT molecular complexity index is 355. The van der Waals surface area contributed by atoms with Crippen molar-refractivity contribution in [3.63, 3.8) is 0 Å². The van der Waals surface area contributed by atoms with Crippen LogP contribution in [0.25, 0.3) is 0 Å². The Kier molecular flexibility index (Phi) is 2.14. The SMILES string of the molecule is COC(=O)c1cc[nH]c(=O)c1O. The maximum Gasteiger partial charge on any atom is 0.341 e. The Morgan fingerprint density at radius 3 is 2.92 bits per heavy atom. The van der Waals surface area contributed by atoms with E-state index in [0.29, 0.717) is 0 Å². The summed E-state index contributed by atoms with van der Waals surface area (Å²) in [5.41, 5.74) is -0.848. The smallest absolute Gasteiger partial charge is 0.341 e. The van der Waals surface area contributed by atoms with Gasteiger partial charge in [-0.05, 0) is 6.07 Å². The Balaban J connectivity index is 3.26. The van der Waals surface area contributed by atoms with E-state index in [1.807, 2.05) is 0 Å². The van der Waals surface area contributed by atoms with Crippen LogP contribution in [0.1, 0.15) is 10.4 Å². The van der Waals surface area contributed by atoms with Crippen molar-refractivity contribution >= 4 is 5.97 Å². The summed E-state index contributed by atoms with van der Waals surface area (Å²) in [7, 11) is 1.17. The summed E-state index contributed by atoms with van der Waals surface area (Å²) in [6.45, 7) is 0. The first-order chi connectivity index (χ1) is 5.66. The molecular weight excluding hydrogens is 162 g/mol. The van der Waals surface area contributed by atoms with Crippen LogP contribution < -0.4 is 5.56 Å². The first-order valence-electron chi connectivity index (χ1n) is 3.15. The monoisotopic (exact) mass is 169 g/mol. The van der Waals surface area contributed by atoms with Gasteiger partial charge in [0, 0.05) is 6.20 Å². The minimum Gasteiger partial charge on any atom is -0.502 e. The number of hydrogen-bond donors (Lipinski definition) is 2. The van der Waals surface area contributed by atoms with Gasteiger partial charge in [0.05, 0.1) is 7.11 Å². The molecule has 0 fully saturated rings. The highest BCUT2D eigenvalue weighted by Crippen LogP contribution is 2.09. The Morgan fingerprint density at radius 2 is 2.33 bits per heavy atom. The molecule has 0 aromatic carbocycles. The van der Waals surface area contributed by atoms with E-state index in [0.717, 1.165) is 0 Å². The van der Waals surface area contributed by atoms with E-state index in [9.17, 15) is 9.59 Å². The molecule has 64 valence electrons. The second kappa shape index (κ2) is 3.08. The van der Waals surface area contributed by atoms with Gasteiger partial charge in [0.15, 0.2) is 5.75 Å². The molecule has 0 radical (unpaired) electrons. The van der Waals surface area contributed by atoms with E-state index in [4.69, 9.17) is 5.11 Å². The topological polar surface area (TPSA) is 79.4 Å². The van der Waals surface area contributed by atoms with E-state index in [2.05, 4.69) is 9.72 Å². The Labute approximate surface area is 67.6 Å². The number of nitrogens with one attached hydrogen (secondary N) is 1. The predicted molar refractivity (Wildman–Crippen MR) is 40.1 cm³/mol. The van der Waals surface area contributed by atoms with Gasteiger partial charge < -0.3 is 14.8 Å². The normalized spacial score (nSPS) is 9.42. The number of H-pyrrole nitrogens is 1. The largest absolute Gasteiger partial charge is 0.502 e. The molecule has 0 unspecified atom stereocenters. The highest BCUT2D eigenvalue weighted by Gasteiger charge is 2.12. The minimum atomic E-state index is -0.737. The number of methoxy groups -OCH3 is 1. The zero-order valence-electron chi connectivity index (χ0n) is 6.33. The molecule has 2 N–H and O–H groups in total. The number of aromatic amines is 1. The molecule has 0 bridgehead atoms. The highest BCUT2D eigenvalue weighted by atomic mass is 16.5. The van der Waals surface area contributed by atoms with E-state index in [-0.39, 0.29) is 5.56 Å². The van der Waals surface area contributed by atoms with Crippen molar-refractivity contribution in [3.05, 3.63) is 28.2 Å². The summed E-state index contributed by atoms with van der Waals surface area (Å²) < 4.78 is 4.32. The number of esters is 1. The molecule has 0 saturated heterocycles. The lowest BCUT2D eigenvalue weighted by Gasteiger charge is -1.99. The zero-order chi connectivity index (χ0) is 9.14. The molecule has 1 heterocycles. The van der Waals surface area contributed by atoms with Gasteiger partial charge in [-0.3, -0.25) is 4.79 Å². The molecular formula is C7H7NO4. The average molecular weight is 169 g/mol. The maximum atomic E-state index is 10.9. The summed E-state index contributed by atoms with van der Waals surface area (Å²) in [4.78, 5) is 23.8. The first-order valence-corrected chi connectivity index (χ1v) is 3.15. The quantitative estimate of drug-likeness (QED) is 0.574. The molecule has 0 aliphatic carbocycles. The van der Waals surface area contributed by atoms with Crippen molar-refractivity contribution in [2.75, 3.05) is 7.11 Å². The lowest BCUT2D eigenvalue weighted by molar-refractivity contribution is 0.0597. The fourth-order valence-corrected chi connectivity index (χ4v) is 0.745. The van der Waals surface area contributed by atoms with E-state index >= 15 is 0 Å². The third-order valence-electron chi connectivity index (χ3n) is 1.34. The molecule has 0 atom stereocenters. The number of ether oxygens (including phenoxy) is 1. The van der Waals surface area contributed by atoms with Crippen molar-refractivity contribution in [1.29, 1.82) is 0 Å². The van der Waals surface area contributed by atoms with Crippen LogP contribution in [-0.4, -0.2) is 23.2 Å². The summed E-state index contributed by atoms with van der Waals surface area (Å²) in [5.74, 6) is -1.36. The molecule has 1 rings (SSSR count). The van der Waals surface area contributed by atoms with Crippen LogP contribution in [0.5, 0.6) is 5.75 Å². The molecule has 5 nitrogen and oxygen atoms in total. The highest BCUT2D eigenvalue weighted by molar-refractivity contribution is 5.91. The van der Waals surface area contributed by atoms with Crippen LogP contribution in [0, 0.1) is 0 Å². The van der Waals surface area contributed by atoms with Crippen LogP contribution >= 0.6 is 0 Å². The van der Waals surface area contributed by atoms with Crippen molar-refractivity contribution < 1.29 is 14.6 Å². The molecule has 1 aromatic rings. The van der Waals surface area contributed by atoms with E-state index < -0.39 is 17.3 Å². The number of carbonyl (C=O) groups is 1. The van der Waals surface area contributed by atoms with Crippen molar-refractivity contribution in [2.45, 2.75) is 0 Å². The predicted octanol–water partition coefficient (Wildman–Crippen LogP) is -0.133. The summed E-state index contributed by atoms with van der Waals surface area (Å²) in [6, 6.07) is 1.27. The average Bonchev–Trinajstić information content (AvgIpc) is 2.08. The Morgan fingerprint density at radius 1 is 1.67 bits per heavy atom. The van der Waals surface area contributed by atoms with Crippen molar-refractivity contribution in [3.8, 4) is 5.75 Å². The number of rotatable bonds is 1. The summed E-state index contributed by atoms with van der Waals surface area (Å²) in [6.07, 6.45) is 1.26. The summed E-state index contributed by atoms with van der Waals surface area (Å²) >= 11 is 0. The molecule has 0 amide bonds. The maximum absolute atomic E-state index is 10.9. The Hall–Kier alpha value is -1.78. The van der Waals surface area contributed by atoms with Crippen LogP contribution in [0.3, 0.4) is 0 Å². The fourth-order valence-electron chi connectivity index (χ4n) is 0.745.